The molecule has 0 spiro atoms. The predicted molar refractivity (Wildman–Crippen MR) is 122 cm³/mol. The largest absolute Gasteiger partial charge is 0.336 e. The maximum atomic E-state index is 12.7. The summed E-state index contributed by atoms with van der Waals surface area (Å²) in [6.07, 6.45) is 0.784. The average Bonchev–Trinajstić information content (AvgIpc) is 3.14. The van der Waals surface area contributed by atoms with Gasteiger partial charge in [0.2, 0.25) is 0 Å². The molecule has 6 heteroatoms. The van der Waals surface area contributed by atoms with Gasteiger partial charge >= 0.3 is 5.97 Å². The molecule has 1 fully saturated rings. The van der Waals surface area contributed by atoms with Crippen LogP contribution in [0.2, 0.25) is 0 Å². The van der Waals surface area contributed by atoms with Crippen LogP contribution in [0.5, 0.6) is 0 Å². The molecule has 0 unspecified atom stereocenters. The summed E-state index contributed by atoms with van der Waals surface area (Å²) in [5.74, 6) is -1.50. The van der Waals surface area contributed by atoms with Gasteiger partial charge in [0, 0.05) is 12.8 Å². The number of hydrogen-bond donors (Lipinski definition) is 0. The Labute approximate surface area is 181 Å². The van der Waals surface area contributed by atoms with Crippen LogP contribution in [0.4, 0.5) is 0 Å². The fourth-order valence-electron chi connectivity index (χ4n) is 3.95. The van der Waals surface area contributed by atoms with Gasteiger partial charge < -0.3 is 4.84 Å². The highest BCUT2D eigenvalue weighted by atomic mass is 31.2. The summed E-state index contributed by atoms with van der Waals surface area (Å²) in [6.45, 7) is 0. The summed E-state index contributed by atoms with van der Waals surface area (Å²) >= 11 is 0. The van der Waals surface area contributed by atoms with Gasteiger partial charge in [0.25, 0.3) is 11.8 Å². The number of carbonyl (C=O) groups excluding carboxylic acids is 3. The average molecular weight is 432 g/mol. The van der Waals surface area contributed by atoms with Crippen molar-refractivity contribution in [3.05, 3.63) is 91.0 Å². The highest BCUT2D eigenvalue weighted by Gasteiger charge is 2.45. The zero-order chi connectivity index (χ0) is 21.7. The number of amides is 2. The molecule has 1 heterocycles. The topological polar surface area (TPSA) is 63.7 Å². The van der Waals surface area contributed by atoms with E-state index in [1.165, 1.54) is 0 Å². The maximum Gasteiger partial charge on any atom is 0.336 e. The summed E-state index contributed by atoms with van der Waals surface area (Å²) in [5, 5.41) is 4.10. The molecule has 0 aliphatic carbocycles. The molecule has 0 N–H and O–H groups in total. The van der Waals surface area contributed by atoms with Gasteiger partial charge in [-0.1, -0.05) is 54.6 Å². The van der Waals surface area contributed by atoms with Crippen molar-refractivity contribution < 1.29 is 19.2 Å². The SMILES string of the molecule is O=C(CC[P+](c1ccccc1)(c1ccccc1)c1ccccc1)ON1C(=O)CCC1=O. The van der Waals surface area contributed by atoms with E-state index >= 15 is 0 Å². The van der Waals surface area contributed by atoms with Gasteiger partial charge in [-0.05, 0) is 36.4 Å². The van der Waals surface area contributed by atoms with Crippen molar-refractivity contribution in [2.45, 2.75) is 19.3 Å². The van der Waals surface area contributed by atoms with E-state index in [-0.39, 0.29) is 19.3 Å². The van der Waals surface area contributed by atoms with Crippen molar-refractivity contribution in [1.82, 2.24) is 5.06 Å². The molecule has 31 heavy (non-hydrogen) atoms. The third-order valence-corrected chi connectivity index (χ3v) is 9.87. The first-order valence-corrected chi connectivity index (χ1v) is 12.2. The molecule has 3 aromatic carbocycles. The first kappa shape index (κ1) is 21.0. The van der Waals surface area contributed by atoms with Crippen LogP contribution in [0.15, 0.2) is 91.0 Å². The summed E-state index contributed by atoms with van der Waals surface area (Å²) in [5.41, 5.74) is 0. The summed E-state index contributed by atoms with van der Waals surface area (Å²) in [6, 6.07) is 30.6. The Morgan fingerprint density at radius 3 is 1.48 bits per heavy atom. The van der Waals surface area contributed by atoms with Crippen LogP contribution in [0.1, 0.15) is 19.3 Å². The molecule has 5 nitrogen and oxygen atoms in total. The van der Waals surface area contributed by atoms with Crippen molar-refractivity contribution in [1.29, 1.82) is 0 Å². The molecule has 0 bridgehead atoms. The van der Waals surface area contributed by atoms with Crippen LogP contribution < -0.4 is 15.9 Å². The lowest BCUT2D eigenvalue weighted by Gasteiger charge is -2.27. The van der Waals surface area contributed by atoms with E-state index in [1.54, 1.807) is 0 Å². The van der Waals surface area contributed by atoms with Crippen LogP contribution in [0.25, 0.3) is 0 Å². The van der Waals surface area contributed by atoms with Crippen LogP contribution in [-0.4, -0.2) is 29.0 Å². The van der Waals surface area contributed by atoms with Crippen molar-refractivity contribution in [3.8, 4) is 0 Å². The lowest BCUT2D eigenvalue weighted by Crippen LogP contribution is -2.36. The third-order valence-electron chi connectivity index (χ3n) is 5.44. The standard InChI is InChI=1S/C25H23NO4P/c27-23-16-17-24(28)26(23)30-25(29)18-19-31(20-10-4-1-5-11-20,21-12-6-2-7-13-21)22-14-8-3-9-15-22/h1-15H,16-19H2/q+1. The summed E-state index contributed by atoms with van der Waals surface area (Å²) in [4.78, 5) is 41.5. The molecular weight excluding hydrogens is 409 g/mol. The van der Waals surface area contributed by atoms with E-state index in [0.717, 1.165) is 15.9 Å². The molecule has 4 rings (SSSR count). The van der Waals surface area contributed by atoms with Crippen LogP contribution >= 0.6 is 7.26 Å². The molecule has 156 valence electrons. The fraction of sp³-hybridized carbons (Fsp3) is 0.160. The maximum absolute atomic E-state index is 12.7. The van der Waals surface area contributed by atoms with Crippen LogP contribution in [0, 0.1) is 0 Å². The smallest absolute Gasteiger partial charge is 0.330 e. The van der Waals surface area contributed by atoms with Crippen molar-refractivity contribution >= 4 is 41.0 Å². The first-order chi connectivity index (χ1) is 15.1. The Balaban J connectivity index is 1.71. The highest BCUT2D eigenvalue weighted by molar-refractivity contribution is 7.95. The van der Waals surface area contributed by atoms with Gasteiger partial charge in [0.1, 0.15) is 23.2 Å². The minimum Gasteiger partial charge on any atom is -0.330 e. The zero-order valence-corrected chi connectivity index (χ0v) is 17.9. The van der Waals surface area contributed by atoms with Gasteiger partial charge in [-0.3, -0.25) is 9.59 Å². The monoisotopic (exact) mass is 432 g/mol. The van der Waals surface area contributed by atoms with Crippen LogP contribution in [-0.2, 0) is 19.2 Å². The summed E-state index contributed by atoms with van der Waals surface area (Å²) in [7, 11) is -2.17. The zero-order valence-electron chi connectivity index (χ0n) is 17.0. The third kappa shape index (κ3) is 4.28. The fourth-order valence-corrected chi connectivity index (χ4v) is 8.18. The Kier molecular flexibility index (Phi) is 6.24. The van der Waals surface area contributed by atoms with E-state index < -0.39 is 25.0 Å². The van der Waals surface area contributed by atoms with E-state index in [2.05, 4.69) is 36.4 Å². The Bertz CT molecular complexity index is 958. The molecule has 0 radical (unpaired) electrons. The molecule has 0 aromatic heterocycles. The number of hydroxylamine groups is 2. The number of hydrogen-bond acceptors (Lipinski definition) is 4. The second-order valence-corrected chi connectivity index (χ2v) is 11.0. The van der Waals surface area contributed by atoms with Crippen molar-refractivity contribution in [2.24, 2.45) is 0 Å². The van der Waals surface area contributed by atoms with Crippen LogP contribution in [0.3, 0.4) is 0 Å². The second kappa shape index (κ2) is 9.23. The predicted octanol–water partition coefficient (Wildman–Crippen LogP) is 2.98. The van der Waals surface area contributed by atoms with E-state index in [0.29, 0.717) is 11.2 Å². The molecule has 0 saturated carbocycles. The van der Waals surface area contributed by atoms with Gasteiger partial charge in [-0.2, -0.15) is 0 Å². The molecular formula is C25H23NO4P+. The van der Waals surface area contributed by atoms with Gasteiger partial charge in [-0.25, -0.2) is 4.79 Å². The number of carbonyl (C=O) groups is 3. The Morgan fingerprint density at radius 2 is 1.10 bits per heavy atom. The molecule has 1 aliphatic rings. The Hall–Kier alpha value is -3.30. The van der Waals surface area contributed by atoms with E-state index in [9.17, 15) is 14.4 Å². The Morgan fingerprint density at radius 1 is 0.710 bits per heavy atom. The van der Waals surface area contributed by atoms with Gasteiger partial charge in [-0.15, -0.1) is 5.06 Å². The molecule has 1 saturated heterocycles. The quantitative estimate of drug-likeness (QED) is 0.425. The minimum atomic E-state index is -2.17. The van der Waals surface area contributed by atoms with Gasteiger partial charge in [0.15, 0.2) is 0 Å². The molecule has 0 atom stereocenters. The lowest BCUT2D eigenvalue weighted by molar-refractivity contribution is -0.197. The molecule has 3 aromatic rings. The van der Waals surface area contributed by atoms with E-state index in [4.69, 9.17) is 4.84 Å². The number of nitrogens with zero attached hydrogens (tertiary/aromatic N) is 1. The molecule has 2 amide bonds. The molecule has 1 aliphatic heterocycles. The second-order valence-electron chi connectivity index (χ2n) is 7.34. The normalized spacial score (nSPS) is 14.0. The minimum absolute atomic E-state index is 0.0844. The summed E-state index contributed by atoms with van der Waals surface area (Å²) < 4.78 is 0. The van der Waals surface area contributed by atoms with E-state index in [1.807, 2.05) is 54.6 Å². The highest BCUT2D eigenvalue weighted by Crippen LogP contribution is 2.55. The van der Waals surface area contributed by atoms with Crippen molar-refractivity contribution in [2.75, 3.05) is 6.16 Å². The van der Waals surface area contributed by atoms with Gasteiger partial charge in [0.05, 0.1) is 12.6 Å². The number of imide groups is 1. The number of rotatable bonds is 7. The lowest BCUT2D eigenvalue weighted by atomic mass is 10.4. The first-order valence-electron chi connectivity index (χ1n) is 10.2. The van der Waals surface area contributed by atoms with Crippen molar-refractivity contribution in [3.63, 3.8) is 0 Å². The number of benzene rings is 3.